The predicted molar refractivity (Wildman–Crippen MR) is 151 cm³/mol. The zero-order valence-corrected chi connectivity index (χ0v) is 25.7. The summed E-state index contributed by atoms with van der Waals surface area (Å²) in [7, 11) is 0. The molecule has 2 saturated heterocycles. The summed E-state index contributed by atoms with van der Waals surface area (Å²) >= 11 is -0.238. The Morgan fingerprint density at radius 1 is 1.03 bits per heavy atom. The van der Waals surface area contributed by atoms with E-state index in [1.807, 2.05) is 4.90 Å². The maximum absolute atomic E-state index is 14.9. The van der Waals surface area contributed by atoms with E-state index in [4.69, 9.17) is 0 Å². The molecule has 1 saturated carbocycles. The molecule has 4 aliphatic rings. The van der Waals surface area contributed by atoms with Crippen LogP contribution < -0.4 is 25.0 Å². The molecule has 3 aliphatic heterocycles. The summed E-state index contributed by atoms with van der Waals surface area (Å²) in [4.78, 5) is 32.0. The van der Waals surface area contributed by atoms with Crippen LogP contribution >= 0.6 is 0 Å². The first kappa shape index (κ1) is 27.3. The van der Waals surface area contributed by atoms with E-state index in [1.54, 1.807) is 6.92 Å². The zero-order chi connectivity index (χ0) is 27.0. The van der Waals surface area contributed by atoms with Gasteiger partial charge in [-0.3, -0.25) is 0 Å². The molecule has 3 heterocycles. The molecule has 5 nitrogen and oxygen atoms in total. The van der Waals surface area contributed by atoms with E-state index in [-0.39, 0.29) is 38.7 Å². The molecular formula is C33H43IN3O2-. The summed E-state index contributed by atoms with van der Waals surface area (Å²) in [6.07, 6.45) is 8.55. The number of nitrogens with zero attached hydrogens (tertiary/aromatic N) is 2. The van der Waals surface area contributed by atoms with E-state index < -0.39 is 0 Å². The van der Waals surface area contributed by atoms with Crippen LogP contribution in [0.2, 0.25) is 0 Å². The third-order valence-corrected chi connectivity index (χ3v) is 12.4. The molecule has 0 bridgehead atoms. The molecule has 4 atom stereocenters. The van der Waals surface area contributed by atoms with Crippen molar-refractivity contribution in [1.82, 2.24) is 13.3 Å². The molecule has 39 heavy (non-hydrogen) atoms. The Bertz CT molecular complexity index is 1200. The van der Waals surface area contributed by atoms with Crippen molar-refractivity contribution in [1.29, 1.82) is 0 Å². The van der Waals surface area contributed by atoms with Gasteiger partial charge in [0.15, 0.2) is 0 Å². The maximum atomic E-state index is 14.9. The summed E-state index contributed by atoms with van der Waals surface area (Å²) in [5.41, 5.74) is 4.82. The summed E-state index contributed by atoms with van der Waals surface area (Å²) in [5, 5.41) is 0. The number of aryl methyl sites for hydroxylation is 1. The summed E-state index contributed by atoms with van der Waals surface area (Å²) in [5.74, 6) is 1.56. The number of piperidine rings is 1. The Morgan fingerprint density at radius 3 is 2.59 bits per heavy atom. The van der Waals surface area contributed by atoms with Crippen LogP contribution in [0, 0.1) is 18.8 Å². The fourth-order valence-electron chi connectivity index (χ4n) is 8.03. The van der Waals surface area contributed by atoms with Gasteiger partial charge in [0, 0.05) is 0 Å². The molecule has 2 aromatic rings. The standard InChI is InChI=1S/C33H43IN3O2/c1-23-13-14-29-28(17-23)20-36(24(2)38)22-33(29)21-35-34-19-30(33)32(39)37-16-15-27(25-9-5-3-6-10-25)18-31(37)26-11-7-4-8-12-26/h3,5-6,9-10,13-14,17,26-27,30-31,35H,4,7-8,11-12,15-16,18-22H2,1-2H3/q-1/t27-,30?,31+,33-/m1/s1. The third-order valence-electron chi connectivity index (χ3n) is 10.1. The molecule has 2 aromatic carbocycles. The van der Waals surface area contributed by atoms with Gasteiger partial charge in [0.05, 0.1) is 0 Å². The molecular weight excluding hydrogens is 597 g/mol. The molecule has 3 fully saturated rings. The van der Waals surface area contributed by atoms with Crippen LogP contribution in [0.1, 0.15) is 80.0 Å². The normalized spacial score (nSPS) is 29.9. The first-order valence-corrected chi connectivity index (χ1v) is 17.6. The van der Waals surface area contributed by atoms with Gasteiger partial charge in [-0.1, -0.05) is 0 Å². The number of carbonyl (C=O) groups excluding carboxylic acids is 2. The van der Waals surface area contributed by atoms with Gasteiger partial charge in [-0.05, 0) is 0 Å². The molecule has 1 aliphatic carbocycles. The average Bonchev–Trinajstić information content (AvgIpc) is 2.97. The number of alkyl halides is 1. The summed E-state index contributed by atoms with van der Waals surface area (Å²) < 4.78 is 4.69. The fourth-order valence-corrected chi connectivity index (χ4v) is 11.0. The molecule has 0 radical (unpaired) electrons. The second-order valence-electron chi connectivity index (χ2n) is 12.5. The molecule has 6 rings (SSSR count). The first-order chi connectivity index (χ1) is 19.0. The van der Waals surface area contributed by atoms with Crippen LogP contribution in [0.3, 0.4) is 0 Å². The molecule has 6 heteroatoms. The number of benzene rings is 2. The van der Waals surface area contributed by atoms with E-state index in [0.29, 0.717) is 36.9 Å². The summed E-state index contributed by atoms with van der Waals surface area (Å²) in [6, 6.07) is 18.0. The molecule has 1 spiro atoms. The van der Waals surface area contributed by atoms with Gasteiger partial charge in [-0.2, -0.15) is 0 Å². The van der Waals surface area contributed by atoms with Crippen molar-refractivity contribution in [3.8, 4) is 0 Å². The van der Waals surface area contributed by atoms with Crippen LogP contribution in [0.4, 0.5) is 0 Å². The molecule has 1 N–H and O–H groups in total. The Labute approximate surface area is 244 Å². The number of rotatable bonds is 3. The number of likely N-dealkylation sites (tertiary alicyclic amines) is 1. The Balaban J connectivity index is 1.35. The van der Waals surface area contributed by atoms with Crippen molar-refractivity contribution in [2.45, 2.75) is 82.7 Å². The quantitative estimate of drug-likeness (QED) is 0.318. The van der Waals surface area contributed by atoms with Gasteiger partial charge in [0.2, 0.25) is 0 Å². The SMILES string of the molecule is CC(=O)N1Cc2cc(C)ccc2[C@@]2(CN[I-]CC2C(=O)N2CC[C@@H](c3ccccc3)C[C@H]2C2CCCCC2)C1. The number of carbonyl (C=O) groups is 2. The van der Waals surface area contributed by atoms with Gasteiger partial charge in [-0.15, -0.1) is 0 Å². The Hall–Kier alpha value is -1.93. The average molecular weight is 641 g/mol. The van der Waals surface area contributed by atoms with E-state index >= 15 is 0 Å². The van der Waals surface area contributed by atoms with Crippen LogP contribution in [0.15, 0.2) is 48.5 Å². The number of hydrogen-bond donors (Lipinski definition) is 1. The third kappa shape index (κ3) is 5.28. The van der Waals surface area contributed by atoms with Gasteiger partial charge in [0.25, 0.3) is 0 Å². The number of amides is 2. The second-order valence-corrected chi connectivity index (χ2v) is 14.9. The fraction of sp³-hybridized carbons (Fsp3) is 0.576. The van der Waals surface area contributed by atoms with Gasteiger partial charge in [-0.25, -0.2) is 0 Å². The van der Waals surface area contributed by atoms with E-state index in [1.165, 1.54) is 54.4 Å². The van der Waals surface area contributed by atoms with Crippen molar-refractivity contribution < 1.29 is 31.1 Å². The van der Waals surface area contributed by atoms with Crippen molar-refractivity contribution in [3.05, 3.63) is 70.8 Å². The van der Waals surface area contributed by atoms with E-state index in [9.17, 15) is 9.59 Å². The number of hydrogen-bond acceptors (Lipinski definition) is 3. The van der Waals surface area contributed by atoms with E-state index in [2.05, 4.69) is 63.9 Å². The Kier molecular flexibility index (Phi) is 8.05. The van der Waals surface area contributed by atoms with Crippen LogP contribution in [0.25, 0.3) is 0 Å². The van der Waals surface area contributed by atoms with Gasteiger partial charge >= 0.3 is 246 Å². The minimum atomic E-state index is -0.352. The number of nitrogens with one attached hydrogen (secondary N) is 1. The molecule has 2 amide bonds. The first-order valence-electron chi connectivity index (χ1n) is 15.0. The van der Waals surface area contributed by atoms with Crippen molar-refractivity contribution in [2.24, 2.45) is 11.8 Å². The van der Waals surface area contributed by atoms with Crippen LogP contribution in [-0.4, -0.2) is 51.7 Å². The zero-order valence-electron chi connectivity index (χ0n) is 23.5. The topological polar surface area (TPSA) is 52.7 Å². The summed E-state index contributed by atoms with van der Waals surface area (Å²) in [6.45, 7) is 6.75. The molecule has 210 valence electrons. The Morgan fingerprint density at radius 2 is 1.82 bits per heavy atom. The minimum absolute atomic E-state index is 0.0606. The monoisotopic (exact) mass is 640 g/mol. The number of halogens is 1. The van der Waals surface area contributed by atoms with Crippen molar-refractivity contribution in [3.63, 3.8) is 0 Å². The van der Waals surface area contributed by atoms with Gasteiger partial charge < -0.3 is 0 Å². The van der Waals surface area contributed by atoms with Crippen LogP contribution in [-0.2, 0) is 21.5 Å². The molecule has 1 unspecified atom stereocenters. The van der Waals surface area contributed by atoms with E-state index in [0.717, 1.165) is 30.4 Å². The second kappa shape index (κ2) is 11.5. The molecule has 0 aromatic heterocycles. The van der Waals surface area contributed by atoms with Crippen molar-refractivity contribution >= 4 is 11.8 Å². The van der Waals surface area contributed by atoms with Gasteiger partial charge in [0.1, 0.15) is 0 Å². The predicted octanol–water partition coefficient (Wildman–Crippen LogP) is 2.17. The van der Waals surface area contributed by atoms with Crippen LogP contribution in [0.5, 0.6) is 0 Å². The van der Waals surface area contributed by atoms with Crippen molar-refractivity contribution in [2.75, 3.05) is 24.1 Å². The number of fused-ring (bicyclic) bond motifs is 2.